The van der Waals surface area contributed by atoms with Crippen LogP contribution in [0.1, 0.15) is 15.9 Å². The van der Waals surface area contributed by atoms with Crippen LogP contribution in [0.25, 0.3) is 0 Å². The van der Waals surface area contributed by atoms with E-state index < -0.39 is 0 Å². The molecule has 0 aliphatic heterocycles. The monoisotopic (exact) mass is 212 g/mol. The maximum atomic E-state index is 11.6. The van der Waals surface area contributed by atoms with Crippen molar-refractivity contribution in [1.29, 1.82) is 0 Å². The van der Waals surface area contributed by atoms with E-state index in [-0.39, 0.29) is 10.3 Å². The molecule has 0 atom stereocenters. The van der Waals surface area contributed by atoms with E-state index in [9.17, 15) is 4.79 Å². The molecule has 0 saturated carbocycles. The van der Waals surface area contributed by atoms with Crippen LogP contribution in [0.5, 0.6) is 0 Å². The minimum atomic E-state index is -0.0457. The molecule has 3 heteroatoms. The molecule has 0 fully saturated rings. The minimum absolute atomic E-state index is 0.0457. The van der Waals surface area contributed by atoms with E-state index in [1.165, 1.54) is 0 Å². The third kappa shape index (κ3) is 1.38. The molecule has 0 heterocycles. The summed E-state index contributed by atoms with van der Waals surface area (Å²) in [6, 6.07) is 7.44. The summed E-state index contributed by atoms with van der Waals surface area (Å²) in [5.41, 5.74) is 2.22. The van der Waals surface area contributed by atoms with E-state index in [0.29, 0.717) is 12.0 Å². The van der Waals surface area contributed by atoms with Gasteiger partial charge in [-0.25, -0.2) is 0 Å². The number of benzene rings is 1. The van der Waals surface area contributed by atoms with Gasteiger partial charge in [0.05, 0.1) is 0 Å². The van der Waals surface area contributed by atoms with Crippen molar-refractivity contribution in [2.24, 2.45) is 0 Å². The zero-order valence-electron chi connectivity index (χ0n) is 6.68. The lowest BCUT2D eigenvalue weighted by Crippen LogP contribution is -1.95. The van der Waals surface area contributed by atoms with E-state index >= 15 is 0 Å². The molecule has 1 aromatic rings. The minimum Gasteiger partial charge on any atom is -0.289 e. The van der Waals surface area contributed by atoms with Crippen molar-refractivity contribution in [2.75, 3.05) is 0 Å². The summed E-state index contributed by atoms with van der Waals surface area (Å²) in [5.74, 6) is -0.0457. The van der Waals surface area contributed by atoms with Gasteiger partial charge >= 0.3 is 0 Å². The van der Waals surface area contributed by atoms with Crippen molar-refractivity contribution in [2.45, 2.75) is 6.42 Å². The average molecular weight is 213 g/mol. The van der Waals surface area contributed by atoms with Gasteiger partial charge in [-0.3, -0.25) is 4.79 Å². The molecule has 2 rings (SSSR count). The molecule has 0 bridgehead atoms. The number of rotatable bonds is 0. The molecule has 13 heavy (non-hydrogen) atoms. The summed E-state index contributed by atoms with van der Waals surface area (Å²) in [6.45, 7) is 0. The van der Waals surface area contributed by atoms with Crippen LogP contribution in [0, 0.1) is 0 Å². The highest BCUT2D eigenvalue weighted by molar-refractivity contribution is 6.57. The average Bonchev–Trinajstić information content (AvgIpc) is 2.45. The van der Waals surface area contributed by atoms with Crippen molar-refractivity contribution in [3.05, 3.63) is 45.5 Å². The molecule has 0 unspecified atom stereocenters. The van der Waals surface area contributed by atoms with Gasteiger partial charge in [-0.15, -0.1) is 0 Å². The van der Waals surface area contributed by atoms with Gasteiger partial charge in [0.15, 0.2) is 5.78 Å². The van der Waals surface area contributed by atoms with E-state index in [0.717, 1.165) is 11.1 Å². The van der Waals surface area contributed by atoms with Crippen molar-refractivity contribution in [3.63, 3.8) is 0 Å². The topological polar surface area (TPSA) is 17.1 Å². The largest absolute Gasteiger partial charge is 0.289 e. The molecule has 1 aliphatic rings. The molecule has 0 saturated heterocycles. The molecular formula is C10H6Cl2O. The molecule has 0 radical (unpaired) electrons. The number of carbonyl (C=O) groups excluding carboxylic acids is 1. The van der Waals surface area contributed by atoms with Crippen LogP contribution in [0.2, 0.25) is 0 Å². The van der Waals surface area contributed by atoms with Gasteiger partial charge in [0.2, 0.25) is 0 Å². The Labute approximate surface area is 86.0 Å². The summed E-state index contributed by atoms with van der Waals surface area (Å²) in [5, 5.41) is 0. The molecule has 0 aromatic heterocycles. The Morgan fingerprint density at radius 3 is 2.54 bits per heavy atom. The van der Waals surface area contributed by atoms with Crippen LogP contribution in [0.3, 0.4) is 0 Å². The van der Waals surface area contributed by atoms with Gasteiger partial charge in [-0.2, -0.15) is 0 Å². The van der Waals surface area contributed by atoms with Crippen LogP contribution in [0.4, 0.5) is 0 Å². The summed E-state index contributed by atoms with van der Waals surface area (Å²) < 4.78 is 0.0844. The fourth-order valence-electron chi connectivity index (χ4n) is 1.48. The zero-order valence-corrected chi connectivity index (χ0v) is 8.19. The number of ketones is 1. The first kappa shape index (κ1) is 8.79. The SMILES string of the molecule is O=C1C(=C(Cl)Cl)Cc2ccccc21. The van der Waals surface area contributed by atoms with Gasteiger partial charge < -0.3 is 0 Å². The van der Waals surface area contributed by atoms with Crippen LogP contribution >= 0.6 is 23.2 Å². The Balaban J connectivity index is 2.57. The lowest BCUT2D eigenvalue weighted by molar-refractivity contribution is 0.103. The molecule has 0 N–H and O–H groups in total. The first-order chi connectivity index (χ1) is 6.20. The second-order valence-corrected chi connectivity index (χ2v) is 3.85. The number of Topliss-reactive ketones (excluding diaryl/α,β-unsaturated/α-hetero) is 1. The van der Waals surface area contributed by atoms with Crippen LogP contribution in [-0.2, 0) is 6.42 Å². The Morgan fingerprint density at radius 1 is 1.23 bits per heavy atom. The number of fused-ring (bicyclic) bond motifs is 1. The van der Waals surface area contributed by atoms with Crippen LogP contribution in [-0.4, -0.2) is 5.78 Å². The van der Waals surface area contributed by atoms with Crippen LogP contribution in [0.15, 0.2) is 34.3 Å². The van der Waals surface area contributed by atoms with E-state index in [4.69, 9.17) is 23.2 Å². The summed E-state index contributed by atoms with van der Waals surface area (Å²) in [7, 11) is 0. The third-order valence-corrected chi connectivity index (χ3v) is 2.59. The lowest BCUT2D eigenvalue weighted by Gasteiger charge is -1.92. The van der Waals surface area contributed by atoms with Crippen LogP contribution < -0.4 is 0 Å². The number of carbonyl (C=O) groups is 1. The second kappa shape index (κ2) is 3.17. The van der Waals surface area contributed by atoms with Crippen molar-refractivity contribution in [1.82, 2.24) is 0 Å². The van der Waals surface area contributed by atoms with E-state index in [1.54, 1.807) is 6.07 Å². The highest BCUT2D eigenvalue weighted by atomic mass is 35.5. The molecule has 66 valence electrons. The fourth-order valence-corrected chi connectivity index (χ4v) is 1.79. The normalized spacial score (nSPS) is 14.6. The van der Waals surface area contributed by atoms with Crippen molar-refractivity contribution >= 4 is 29.0 Å². The predicted molar refractivity (Wildman–Crippen MR) is 53.2 cm³/mol. The van der Waals surface area contributed by atoms with Gasteiger partial charge in [-0.1, -0.05) is 47.5 Å². The zero-order chi connectivity index (χ0) is 9.42. The van der Waals surface area contributed by atoms with Crippen molar-refractivity contribution in [3.8, 4) is 0 Å². The Bertz CT molecular complexity index is 403. The van der Waals surface area contributed by atoms with Gasteiger partial charge in [0.1, 0.15) is 4.49 Å². The molecule has 1 aliphatic carbocycles. The fraction of sp³-hybridized carbons (Fsp3) is 0.100. The molecule has 0 spiro atoms. The second-order valence-electron chi connectivity index (χ2n) is 2.90. The van der Waals surface area contributed by atoms with E-state index in [2.05, 4.69) is 0 Å². The summed E-state index contributed by atoms with van der Waals surface area (Å²) in [6.07, 6.45) is 0.553. The molecule has 1 aromatic carbocycles. The number of allylic oxidation sites excluding steroid dienone is 1. The highest BCUT2D eigenvalue weighted by Crippen LogP contribution is 2.30. The van der Waals surface area contributed by atoms with Gasteiger partial charge in [0, 0.05) is 17.6 Å². The molecule has 1 nitrogen and oxygen atoms in total. The molecule has 0 amide bonds. The first-order valence-corrected chi connectivity index (χ1v) is 4.62. The van der Waals surface area contributed by atoms with E-state index in [1.807, 2.05) is 18.2 Å². The number of hydrogen-bond donors (Lipinski definition) is 0. The Morgan fingerprint density at radius 2 is 1.92 bits per heavy atom. The maximum absolute atomic E-state index is 11.6. The standard InChI is InChI=1S/C10H6Cl2O/c11-10(12)8-5-6-3-1-2-4-7(6)9(8)13/h1-4H,5H2. The third-order valence-electron chi connectivity index (χ3n) is 2.13. The maximum Gasteiger partial charge on any atom is 0.192 e. The molecular weight excluding hydrogens is 207 g/mol. The Kier molecular flexibility index (Phi) is 2.14. The number of halogens is 2. The van der Waals surface area contributed by atoms with Gasteiger partial charge in [0.25, 0.3) is 0 Å². The smallest absolute Gasteiger partial charge is 0.192 e. The number of hydrogen-bond acceptors (Lipinski definition) is 1. The van der Waals surface area contributed by atoms with Crippen molar-refractivity contribution < 1.29 is 4.79 Å². The summed E-state index contributed by atoms with van der Waals surface area (Å²) in [4.78, 5) is 11.6. The highest BCUT2D eigenvalue weighted by Gasteiger charge is 2.25. The van der Waals surface area contributed by atoms with Gasteiger partial charge in [-0.05, 0) is 5.56 Å². The predicted octanol–water partition coefficient (Wildman–Crippen LogP) is 3.11. The lowest BCUT2D eigenvalue weighted by atomic mass is 10.1. The first-order valence-electron chi connectivity index (χ1n) is 3.87. The Hall–Kier alpha value is -0.790. The quantitative estimate of drug-likeness (QED) is 0.605. The summed E-state index contributed by atoms with van der Waals surface area (Å²) >= 11 is 11.2.